The van der Waals surface area contributed by atoms with Crippen LogP contribution in [0.1, 0.15) is 11.1 Å². The molecular formula is C19H17N3O2S2. The van der Waals surface area contributed by atoms with E-state index in [1.807, 2.05) is 42.5 Å². The van der Waals surface area contributed by atoms with Crippen molar-refractivity contribution in [2.75, 3.05) is 17.8 Å². The summed E-state index contributed by atoms with van der Waals surface area (Å²) in [6.07, 6.45) is 1.57. The number of rotatable bonds is 5. The lowest BCUT2D eigenvalue weighted by atomic mass is 10.1. The van der Waals surface area contributed by atoms with Gasteiger partial charge in [0.15, 0.2) is 5.17 Å². The SMILES string of the molecule is O=S(=O)(/C=C/c1ccccc1)Nc1ccc(C2=CSC3=NCCN23)cc1. The highest BCUT2D eigenvalue weighted by molar-refractivity contribution is 8.16. The Labute approximate surface area is 157 Å². The summed E-state index contributed by atoms with van der Waals surface area (Å²) in [6.45, 7) is 1.72. The second kappa shape index (κ2) is 7.01. The zero-order valence-electron chi connectivity index (χ0n) is 13.9. The molecule has 2 aliphatic rings. The molecule has 0 fully saturated rings. The summed E-state index contributed by atoms with van der Waals surface area (Å²) in [5.74, 6) is 0. The van der Waals surface area contributed by atoms with Gasteiger partial charge in [-0.1, -0.05) is 54.2 Å². The topological polar surface area (TPSA) is 61.8 Å². The van der Waals surface area contributed by atoms with Crippen molar-refractivity contribution in [3.63, 3.8) is 0 Å². The van der Waals surface area contributed by atoms with Crippen LogP contribution < -0.4 is 4.72 Å². The van der Waals surface area contributed by atoms with E-state index in [-0.39, 0.29) is 0 Å². The Bertz CT molecular complexity index is 995. The number of sulfonamides is 1. The van der Waals surface area contributed by atoms with E-state index in [2.05, 4.69) is 20.0 Å². The molecule has 26 heavy (non-hydrogen) atoms. The van der Waals surface area contributed by atoms with E-state index < -0.39 is 10.0 Å². The third kappa shape index (κ3) is 3.68. The quantitative estimate of drug-likeness (QED) is 0.853. The first kappa shape index (κ1) is 16.9. The molecule has 132 valence electrons. The van der Waals surface area contributed by atoms with Gasteiger partial charge in [-0.05, 0) is 29.3 Å². The monoisotopic (exact) mass is 383 g/mol. The maximum Gasteiger partial charge on any atom is 0.255 e. The maximum atomic E-state index is 12.2. The summed E-state index contributed by atoms with van der Waals surface area (Å²) >= 11 is 1.63. The molecule has 0 atom stereocenters. The molecule has 4 rings (SSSR count). The molecule has 2 aliphatic heterocycles. The average molecular weight is 383 g/mol. The molecule has 0 radical (unpaired) electrons. The van der Waals surface area contributed by atoms with E-state index in [0.717, 1.165) is 35.1 Å². The molecule has 1 N–H and O–H groups in total. The predicted molar refractivity (Wildman–Crippen MR) is 109 cm³/mol. The van der Waals surface area contributed by atoms with Crippen LogP contribution in [0.5, 0.6) is 0 Å². The van der Waals surface area contributed by atoms with E-state index in [0.29, 0.717) is 5.69 Å². The van der Waals surface area contributed by atoms with E-state index in [1.54, 1.807) is 30.0 Å². The number of anilines is 1. The minimum atomic E-state index is -3.56. The van der Waals surface area contributed by atoms with Gasteiger partial charge in [0.25, 0.3) is 10.0 Å². The lowest BCUT2D eigenvalue weighted by molar-refractivity contribution is 0.609. The smallest absolute Gasteiger partial charge is 0.255 e. The summed E-state index contributed by atoms with van der Waals surface area (Å²) in [5.41, 5.74) is 3.53. The first-order chi connectivity index (χ1) is 12.6. The van der Waals surface area contributed by atoms with Crippen molar-refractivity contribution >= 4 is 44.4 Å². The minimum Gasteiger partial charge on any atom is -0.318 e. The van der Waals surface area contributed by atoms with Gasteiger partial charge in [-0.15, -0.1) is 0 Å². The van der Waals surface area contributed by atoms with Gasteiger partial charge in [0, 0.05) is 17.6 Å². The van der Waals surface area contributed by atoms with Crippen molar-refractivity contribution < 1.29 is 8.42 Å². The number of benzene rings is 2. The number of hydrogen-bond acceptors (Lipinski definition) is 5. The fourth-order valence-corrected chi connectivity index (χ4v) is 4.62. The standard InChI is InChI=1S/C19H17N3O2S2/c23-26(24,13-10-15-4-2-1-3-5-15)21-17-8-6-16(7-9-17)18-14-25-19-20-11-12-22(18)19/h1-10,13-14,21H,11-12H2/b13-10+. The van der Waals surface area contributed by atoms with Crippen molar-refractivity contribution in [3.05, 3.63) is 76.5 Å². The lowest BCUT2D eigenvalue weighted by Crippen LogP contribution is -2.19. The number of nitrogens with one attached hydrogen (secondary N) is 1. The van der Waals surface area contributed by atoms with Crippen molar-refractivity contribution in [2.45, 2.75) is 0 Å². The molecule has 2 aromatic rings. The van der Waals surface area contributed by atoms with Crippen LogP contribution in [0.2, 0.25) is 0 Å². The highest BCUT2D eigenvalue weighted by atomic mass is 32.2. The summed E-state index contributed by atoms with van der Waals surface area (Å²) in [7, 11) is -3.56. The van der Waals surface area contributed by atoms with Crippen molar-refractivity contribution in [1.29, 1.82) is 0 Å². The predicted octanol–water partition coefficient (Wildman–Crippen LogP) is 3.82. The Kier molecular flexibility index (Phi) is 4.57. The van der Waals surface area contributed by atoms with Crippen LogP contribution >= 0.6 is 11.8 Å². The number of thioether (sulfide) groups is 1. The normalized spacial score (nSPS) is 16.5. The third-order valence-electron chi connectivity index (χ3n) is 4.05. The Morgan fingerprint density at radius 1 is 1.08 bits per heavy atom. The van der Waals surface area contributed by atoms with Gasteiger partial charge in [-0.2, -0.15) is 0 Å². The van der Waals surface area contributed by atoms with Crippen LogP contribution in [-0.4, -0.2) is 31.6 Å². The molecule has 0 aliphatic carbocycles. The van der Waals surface area contributed by atoms with Gasteiger partial charge in [-0.25, -0.2) is 8.42 Å². The molecular weight excluding hydrogens is 366 g/mol. The summed E-state index contributed by atoms with van der Waals surface area (Å²) in [6, 6.07) is 16.7. The van der Waals surface area contributed by atoms with Crippen LogP contribution in [0, 0.1) is 0 Å². The molecule has 0 unspecified atom stereocenters. The molecule has 0 spiro atoms. The molecule has 2 aromatic carbocycles. The number of fused-ring (bicyclic) bond motifs is 1. The van der Waals surface area contributed by atoms with Crippen molar-refractivity contribution in [1.82, 2.24) is 4.90 Å². The minimum absolute atomic E-state index is 0.535. The zero-order chi connectivity index (χ0) is 18.0. The molecule has 0 bridgehead atoms. The summed E-state index contributed by atoms with van der Waals surface area (Å²) in [4.78, 5) is 6.63. The average Bonchev–Trinajstić information content (AvgIpc) is 3.25. The second-order valence-electron chi connectivity index (χ2n) is 5.87. The first-order valence-electron chi connectivity index (χ1n) is 8.16. The molecule has 0 aromatic heterocycles. The van der Waals surface area contributed by atoms with E-state index in [1.165, 1.54) is 5.41 Å². The number of hydrogen-bond donors (Lipinski definition) is 1. The molecule has 0 saturated carbocycles. The number of nitrogens with zero attached hydrogens (tertiary/aromatic N) is 2. The Hall–Kier alpha value is -2.51. The van der Waals surface area contributed by atoms with E-state index >= 15 is 0 Å². The zero-order valence-corrected chi connectivity index (χ0v) is 15.5. The van der Waals surface area contributed by atoms with Gasteiger partial charge >= 0.3 is 0 Å². The number of amidine groups is 1. The molecule has 0 saturated heterocycles. The Balaban J connectivity index is 1.46. The van der Waals surface area contributed by atoms with Crippen LogP contribution in [0.4, 0.5) is 5.69 Å². The Morgan fingerprint density at radius 2 is 1.85 bits per heavy atom. The summed E-state index contributed by atoms with van der Waals surface area (Å²) in [5, 5.41) is 4.30. The fraction of sp³-hybridized carbons (Fsp3) is 0.105. The third-order valence-corrected chi connectivity index (χ3v) is 5.96. The van der Waals surface area contributed by atoms with E-state index in [9.17, 15) is 8.42 Å². The maximum absolute atomic E-state index is 12.2. The molecule has 7 heteroatoms. The van der Waals surface area contributed by atoms with Gasteiger partial charge in [-0.3, -0.25) is 9.71 Å². The second-order valence-corrected chi connectivity index (χ2v) is 8.28. The summed E-state index contributed by atoms with van der Waals surface area (Å²) < 4.78 is 27.0. The highest BCUT2D eigenvalue weighted by Crippen LogP contribution is 2.35. The van der Waals surface area contributed by atoms with Crippen LogP contribution in [-0.2, 0) is 10.0 Å². The van der Waals surface area contributed by atoms with Crippen LogP contribution in [0.25, 0.3) is 11.8 Å². The number of aliphatic imine (C=N–C) groups is 1. The van der Waals surface area contributed by atoms with E-state index in [4.69, 9.17) is 0 Å². The molecule has 5 nitrogen and oxygen atoms in total. The van der Waals surface area contributed by atoms with Gasteiger partial charge in [0.1, 0.15) is 0 Å². The molecule has 2 heterocycles. The van der Waals surface area contributed by atoms with Crippen molar-refractivity contribution in [2.24, 2.45) is 4.99 Å². The fourth-order valence-electron chi connectivity index (χ4n) is 2.79. The van der Waals surface area contributed by atoms with Gasteiger partial charge in [0.05, 0.1) is 17.6 Å². The Morgan fingerprint density at radius 3 is 2.62 bits per heavy atom. The highest BCUT2D eigenvalue weighted by Gasteiger charge is 2.26. The van der Waals surface area contributed by atoms with Crippen LogP contribution in [0.3, 0.4) is 0 Å². The first-order valence-corrected chi connectivity index (χ1v) is 10.6. The van der Waals surface area contributed by atoms with Gasteiger partial charge < -0.3 is 4.90 Å². The van der Waals surface area contributed by atoms with Crippen molar-refractivity contribution in [3.8, 4) is 0 Å². The molecule has 0 amide bonds. The van der Waals surface area contributed by atoms with Crippen LogP contribution in [0.15, 0.2) is 70.4 Å². The lowest BCUT2D eigenvalue weighted by Gasteiger charge is -2.16. The van der Waals surface area contributed by atoms with Gasteiger partial charge in [0.2, 0.25) is 0 Å². The largest absolute Gasteiger partial charge is 0.318 e.